The monoisotopic (exact) mass is 507 g/mol. The molecule has 9 nitrogen and oxygen atoms in total. The first-order valence-corrected chi connectivity index (χ1v) is 12.8. The lowest BCUT2D eigenvalue weighted by Crippen LogP contribution is -2.20. The third-order valence-electron chi connectivity index (χ3n) is 5.74. The lowest BCUT2D eigenvalue weighted by Gasteiger charge is -2.25. The van der Waals surface area contributed by atoms with Crippen molar-refractivity contribution in [2.24, 2.45) is 10.2 Å². The van der Waals surface area contributed by atoms with Gasteiger partial charge in [0.25, 0.3) is 0 Å². The minimum atomic E-state index is 0.213. The van der Waals surface area contributed by atoms with Gasteiger partial charge in [-0.2, -0.15) is 5.26 Å². The van der Waals surface area contributed by atoms with Crippen molar-refractivity contribution in [2.75, 3.05) is 11.4 Å². The molecule has 0 spiro atoms. The highest BCUT2D eigenvalue weighted by Crippen LogP contribution is 2.36. The average Bonchev–Trinajstić information content (AvgIpc) is 3.51. The largest absolute Gasteiger partial charge is 0.324 e. The Balaban J connectivity index is 1.56. The Bertz CT molecular complexity index is 1610. The van der Waals surface area contributed by atoms with Crippen LogP contribution in [0.25, 0.3) is 15.3 Å². The number of anilines is 2. The summed E-state index contributed by atoms with van der Waals surface area (Å²) in [6.45, 7) is 8.68. The van der Waals surface area contributed by atoms with Crippen LogP contribution in [0.2, 0.25) is 0 Å². The van der Waals surface area contributed by atoms with Gasteiger partial charge in [0, 0.05) is 12.2 Å². The van der Waals surface area contributed by atoms with Gasteiger partial charge in [-0.05, 0) is 51.5 Å². The van der Waals surface area contributed by atoms with Crippen molar-refractivity contribution in [1.82, 2.24) is 24.7 Å². The van der Waals surface area contributed by atoms with Crippen LogP contribution < -0.4 is 4.90 Å². The topological polar surface area (TPSA) is 108 Å². The third-order valence-corrected chi connectivity index (χ3v) is 6.76. The lowest BCUT2D eigenvalue weighted by atomic mass is 10.2. The molecule has 10 heteroatoms. The van der Waals surface area contributed by atoms with E-state index in [0.29, 0.717) is 33.7 Å². The van der Waals surface area contributed by atoms with E-state index in [0.717, 1.165) is 28.9 Å². The molecule has 0 N–H and O–H groups in total. The number of rotatable bonds is 7. The third kappa shape index (κ3) is 4.94. The molecule has 0 saturated heterocycles. The molecule has 5 rings (SSSR count). The molecule has 184 valence electrons. The van der Waals surface area contributed by atoms with E-state index < -0.39 is 0 Å². The van der Waals surface area contributed by atoms with Gasteiger partial charge in [-0.15, -0.1) is 15.3 Å². The maximum atomic E-state index is 9.74. The molecule has 0 radical (unpaired) electrons. The number of fused-ring (bicyclic) bond motifs is 1. The first kappa shape index (κ1) is 24.2. The molecular formula is C27H25N9S. The Morgan fingerprint density at radius 3 is 2.51 bits per heavy atom. The molecule has 0 aliphatic carbocycles. The van der Waals surface area contributed by atoms with Crippen LogP contribution in [0.1, 0.15) is 36.0 Å². The summed E-state index contributed by atoms with van der Waals surface area (Å²) in [5, 5.41) is 23.8. The van der Waals surface area contributed by atoms with Gasteiger partial charge in [-0.3, -0.25) is 0 Å². The number of azo groups is 1. The van der Waals surface area contributed by atoms with Crippen molar-refractivity contribution < 1.29 is 0 Å². The summed E-state index contributed by atoms with van der Waals surface area (Å²) in [5.74, 6) is 1.53. The minimum Gasteiger partial charge on any atom is -0.324 e. The quantitative estimate of drug-likeness (QED) is 0.219. The molecule has 2 aromatic carbocycles. The van der Waals surface area contributed by atoms with Gasteiger partial charge < -0.3 is 4.90 Å². The predicted octanol–water partition coefficient (Wildman–Crippen LogP) is 7.03. The fraction of sp³-hybridized carbons (Fsp3) is 0.222. The Morgan fingerprint density at radius 1 is 1.00 bits per heavy atom. The van der Waals surface area contributed by atoms with Gasteiger partial charge in [-0.1, -0.05) is 48.1 Å². The number of aryl methyl sites for hydroxylation is 3. The number of benzene rings is 2. The minimum absolute atomic E-state index is 0.213. The van der Waals surface area contributed by atoms with E-state index in [2.05, 4.69) is 74.4 Å². The number of thiazole rings is 1. The summed E-state index contributed by atoms with van der Waals surface area (Å²) < 4.78 is 2.62. The van der Waals surface area contributed by atoms with Crippen molar-refractivity contribution >= 4 is 44.6 Å². The molecule has 37 heavy (non-hydrogen) atoms. The van der Waals surface area contributed by atoms with Gasteiger partial charge in [0.05, 0.1) is 22.1 Å². The molecule has 3 heterocycles. The summed E-state index contributed by atoms with van der Waals surface area (Å²) >= 11 is 1.49. The fourth-order valence-corrected chi connectivity index (χ4v) is 4.86. The van der Waals surface area contributed by atoms with Crippen molar-refractivity contribution in [3.63, 3.8) is 0 Å². The molecule has 0 amide bonds. The second-order valence-electron chi connectivity index (χ2n) is 8.60. The molecule has 0 atom stereocenters. The first-order valence-electron chi connectivity index (χ1n) is 11.9. The van der Waals surface area contributed by atoms with E-state index >= 15 is 0 Å². The summed E-state index contributed by atoms with van der Waals surface area (Å²) in [6, 6.07) is 18.3. The van der Waals surface area contributed by atoms with Crippen LogP contribution in [-0.4, -0.2) is 31.3 Å². The van der Waals surface area contributed by atoms with Crippen LogP contribution in [0.3, 0.4) is 0 Å². The van der Waals surface area contributed by atoms with Gasteiger partial charge in [0.15, 0.2) is 5.82 Å². The number of aromatic nitrogens is 5. The van der Waals surface area contributed by atoms with E-state index in [1.807, 2.05) is 38.1 Å². The molecule has 0 aliphatic heterocycles. The van der Waals surface area contributed by atoms with E-state index in [9.17, 15) is 5.26 Å². The van der Waals surface area contributed by atoms with Crippen LogP contribution >= 0.6 is 11.3 Å². The maximum Gasteiger partial charge on any atom is 0.213 e. The van der Waals surface area contributed by atoms with E-state index in [1.165, 1.54) is 16.9 Å². The second-order valence-corrected chi connectivity index (χ2v) is 9.61. The van der Waals surface area contributed by atoms with E-state index in [-0.39, 0.29) is 5.82 Å². The van der Waals surface area contributed by atoms with E-state index in [1.54, 1.807) is 10.9 Å². The van der Waals surface area contributed by atoms with Crippen molar-refractivity contribution in [3.8, 4) is 11.2 Å². The first-order chi connectivity index (χ1) is 18.0. The van der Waals surface area contributed by atoms with Crippen molar-refractivity contribution in [2.45, 2.75) is 34.1 Å². The molecule has 0 bridgehead atoms. The SMILES string of the molecule is CCCN(c1ccc(C)cc1)c1nc(C)nc(C)c1N=Nc1nn(-c2nc3ccccc3s2)cc1C#N. The highest BCUT2D eigenvalue weighted by Gasteiger charge is 2.19. The molecule has 0 saturated carbocycles. The highest BCUT2D eigenvalue weighted by molar-refractivity contribution is 7.20. The Morgan fingerprint density at radius 2 is 1.78 bits per heavy atom. The van der Waals surface area contributed by atoms with Crippen molar-refractivity contribution in [1.29, 1.82) is 5.26 Å². The second kappa shape index (κ2) is 10.2. The fourth-order valence-electron chi connectivity index (χ4n) is 3.97. The number of hydrogen-bond donors (Lipinski definition) is 0. The van der Waals surface area contributed by atoms with Crippen LogP contribution in [0.5, 0.6) is 0 Å². The Labute approximate surface area is 218 Å². The number of nitrogens with zero attached hydrogens (tertiary/aromatic N) is 9. The van der Waals surface area contributed by atoms with Gasteiger partial charge in [0.1, 0.15) is 23.1 Å². The zero-order valence-electron chi connectivity index (χ0n) is 21.0. The zero-order valence-corrected chi connectivity index (χ0v) is 21.9. The van der Waals surface area contributed by atoms with Crippen LogP contribution in [0.15, 0.2) is 65.0 Å². The van der Waals surface area contributed by atoms with Crippen molar-refractivity contribution in [3.05, 3.63) is 77.4 Å². The molecule has 0 fully saturated rings. The van der Waals surface area contributed by atoms with Crippen LogP contribution in [0, 0.1) is 32.1 Å². The van der Waals surface area contributed by atoms with Crippen LogP contribution in [0.4, 0.5) is 23.0 Å². The molecule has 5 aromatic rings. The predicted molar refractivity (Wildman–Crippen MR) is 146 cm³/mol. The van der Waals surface area contributed by atoms with E-state index in [4.69, 9.17) is 4.98 Å². The number of hydrogen-bond acceptors (Lipinski definition) is 9. The van der Waals surface area contributed by atoms with Crippen LogP contribution in [-0.2, 0) is 0 Å². The highest BCUT2D eigenvalue weighted by atomic mass is 32.1. The molecule has 0 unspecified atom stereocenters. The average molecular weight is 508 g/mol. The molecular weight excluding hydrogens is 482 g/mol. The summed E-state index contributed by atoms with van der Waals surface area (Å²) in [7, 11) is 0. The molecule has 0 aliphatic rings. The standard InChI is InChI=1S/C27H25N9S/c1-5-14-35(21-12-10-17(2)11-13-21)26-24(18(3)29-19(4)30-26)32-33-25-20(15-28)16-36(34-25)27-31-22-8-6-7-9-23(22)37-27/h6-13,16H,5,14H2,1-4H3. The van der Waals surface area contributed by atoms with Gasteiger partial charge >= 0.3 is 0 Å². The van der Waals surface area contributed by atoms with Gasteiger partial charge in [0.2, 0.25) is 10.9 Å². The number of nitriles is 1. The molecule has 3 aromatic heterocycles. The lowest BCUT2D eigenvalue weighted by molar-refractivity contribution is 0.851. The summed E-state index contributed by atoms with van der Waals surface area (Å²) in [6.07, 6.45) is 2.54. The Kier molecular flexibility index (Phi) is 6.70. The summed E-state index contributed by atoms with van der Waals surface area (Å²) in [4.78, 5) is 16.0. The van der Waals surface area contributed by atoms with Gasteiger partial charge in [-0.25, -0.2) is 19.6 Å². The zero-order chi connectivity index (χ0) is 25.9. The normalized spacial score (nSPS) is 11.3. The number of para-hydroxylation sites is 1. The summed E-state index contributed by atoms with van der Waals surface area (Å²) in [5.41, 5.74) is 4.62. The smallest absolute Gasteiger partial charge is 0.213 e. The maximum absolute atomic E-state index is 9.74. The Hall–Kier alpha value is -4.49.